The van der Waals surface area contributed by atoms with E-state index in [9.17, 15) is 26.4 Å². The lowest BCUT2D eigenvalue weighted by Gasteiger charge is -2.08. The Bertz CT molecular complexity index is 808. The molecule has 20 heavy (non-hydrogen) atoms. The number of hydrogen-bond acceptors (Lipinski definition) is 4. The number of benzene rings is 1. The van der Waals surface area contributed by atoms with Gasteiger partial charge in [0.1, 0.15) is 0 Å². The van der Waals surface area contributed by atoms with Gasteiger partial charge in [-0.25, -0.2) is 4.79 Å². The number of carboxylic acid groups (broad SMARTS) is 1. The van der Waals surface area contributed by atoms with E-state index in [4.69, 9.17) is 5.11 Å². The van der Waals surface area contributed by atoms with E-state index in [1.165, 1.54) is 13.0 Å². The van der Waals surface area contributed by atoms with Gasteiger partial charge in [-0.1, -0.05) is 6.07 Å². The molecule has 108 valence electrons. The monoisotopic (exact) mass is 308 g/mol. The van der Waals surface area contributed by atoms with Crippen LogP contribution < -0.4 is 0 Å². The fraction of sp³-hybridized carbons (Fsp3) is 0.200. The van der Waals surface area contributed by atoms with Crippen LogP contribution >= 0.6 is 0 Å². The van der Waals surface area contributed by atoms with Gasteiger partial charge in [0.15, 0.2) is 0 Å². The number of carboxylic acids is 1. The quantitative estimate of drug-likeness (QED) is 0.912. The van der Waals surface area contributed by atoms with Crippen LogP contribution in [0.25, 0.3) is 10.9 Å². The van der Waals surface area contributed by atoms with Crippen LogP contribution in [-0.4, -0.2) is 34.2 Å². The maximum atomic E-state index is 12.6. The van der Waals surface area contributed by atoms with Gasteiger partial charge in [-0.05, 0) is 19.1 Å². The number of carbonyl (C=O) groups is 1. The first kappa shape index (κ1) is 14.3. The van der Waals surface area contributed by atoms with E-state index in [0.717, 1.165) is 12.1 Å². The van der Waals surface area contributed by atoms with Crippen LogP contribution in [0.15, 0.2) is 18.2 Å². The van der Waals surface area contributed by atoms with Gasteiger partial charge in [-0.2, -0.15) is 26.7 Å². The molecule has 0 aliphatic rings. The molecule has 0 spiro atoms. The second-order valence-electron chi connectivity index (χ2n) is 3.92. The lowest BCUT2D eigenvalue weighted by Crippen LogP contribution is -2.30. The topological polar surface area (TPSA) is 89.3 Å². The maximum Gasteiger partial charge on any atom is 0.518 e. The Hall–Kier alpha value is -2.10. The normalized spacial score (nSPS) is 12.8. The zero-order valence-electron chi connectivity index (χ0n) is 9.84. The van der Waals surface area contributed by atoms with Crippen molar-refractivity contribution in [2.45, 2.75) is 12.4 Å². The Kier molecular flexibility index (Phi) is 3.00. The Morgan fingerprint density at radius 1 is 1.35 bits per heavy atom. The average molecular weight is 308 g/mol. The van der Waals surface area contributed by atoms with Crippen molar-refractivity contribution in [3.05, 3.63) is 29.5 Å². The van der Waals surface area contributed by atoms with Crippen LogP contribution in [-0.2, 0) is 10.0 Å². The van der Waals surface area contributed by atoms with Gasteiger partial charge >= 0.3 is 21.5 Å². The molecule has 2 rings (SSSR count). The number of halogens is 3. The highest BCUT2D eigenvalue weighted by Gasteiger charge is 2.48. The Labute approximate surface area is 110 Å². The van der Waals surface area contributed by atoms with Crippen LogP contribution in [0.5, 0.6) is 0 Å². The zero-order chi connectivity index (χ0) is 15.3. The third kappa shape index (κ3) is 2.01. The number of rotatable bonds is 2. The smallest absolute Gasteiger partial charge is 0.478 e. The molecule has 0 aliphatic carbocycles. The molecule has 0 atom stereocenters. The number of hydrogen-bond donors (Lipinski definition) is 1. The summed E-state index contributed by atoms with van der Waals surface area (Å²) in [6.45, 7) is 1.32. The Balaban J connectivity index is 2.85. The highest BCUT2D eigenvalue weighted by atomic mass is 32.2. The predicted octanol–water partition coefficient (Wildman–Crippen LogP) is 1.74. The van der Waals surface area contributed by atoms with E-state index in [2.05, 4.69) is 5.10 Å². The first-order chi connectivity index (χ1) is 9.05. The van der Waals surface area contributed by atoms with Gasteiger partial charge < -0.3 is 5.11 Å². The summed E-state index contributed by atoms with van der Waals surface area (Å²) in [6.07, 6.45) is 0. The number of aromatic nitrogens is 2. The predicted molar refractivity (Wildman–Crippen MR) is 61.8 cm³/mol. The summed E-state index contributed by atoms with van der Waals surface area (Å²) in [6, 6.07) is 3.20. The lowest BCUT2D eigenvalue weighted by atomic mass is 10.1. The van der Waals surface area contributed by atoms with E-state index in [1.807, 2.05) is 0 Å². The van der Waals surface area contributed by atoms with Gasteiger partial charge in [0, 0.05) is 5.39 Å². The van der Waals surface area contributed by atoms with Crippen molar-refractivity contribution in [3.63, 3.8) is 0 Å². The largest absolute Gasteiger partial charge is 0.518 e. The van der Waals surface area contributed by atoms with Crippen LogP contribution in [0, 0.1) is 6.92 Å². The van der Waals surface area contributed by atoms with Crippen molar-refractivity contribution in [2.24, 2.45) is 0 Å². The summed E-state index contributed by atoms with van der Waals surface area (Å²) >= 11 is 0. The number of alkyl halides is 3. The van der Waals surface area contributed by atoms with E-state index in [-0.39, 0.29) is 20.7 Å². The van der Waals surface area contributed by atoms with E-state index < -0.39 is 27.0 Å². The number of fused-ring (bicyclic) bond motifs is 1. The summed E-state index contributed by atoms with van der Waals surface area (Å²) in [5.41, 5.74) is -6.25. The van der Waals surface area contributed by atoms with E-state index in [1.54, 1.807) is 0 Å². The summed E-state index contributed by atoms with van der Waals surface area (Å²) in [5.74, 6) is -1.39. The molecule has 0 fully saturated rings. The third-order valence-electron chi connectivity index (χ3n) is 2.60. The van der Waals surface area contributed by atoms with Crippen molar-refractivity contribution < 1.29 is 31.5 Å². The second kappa shape index (κ2) is 4.20. The molecule has 1 aromatic carbocycles. The van der Waals surface area contributed by atoms with Crippen molar-refractivity contribution in [3.8, 4) is 0 Å². The van der Waals surface area contributed by atoms with E-state index >= 15 is 0 Å². The molecule has 0 aliphatic heterocycles. The Morgan fingerprint density at radius 3 is 2.45 bits per heavy atom. The highest BCUT2D eigenvalue weighted by Crippen LogP contribution is 2.29. The molecule has 2 aromatic rings. The number of aromatic carboxylic acids is 1. The van der Waals surface area contributed by atoms with Crippen molar-refractivity contribution in [1.82, 2.24) is 9.19 Å². The molecule has 6 nitrogen and oxygen atoms in total. The van der Waals surface area contributed by atoms with Crippen LogP contribution in [0.4, 0.5) is 13.2 Å². The number of nitrogens with zero attached hydrogens (tertiary/aromatic N) is 2. The van der Waals surface area contributed by atoms with Gasteiger partial charge in [0.2, 0.25) is 0 Å². The van der Waals surface area contributed by atoms with Crippen molar-refractivity contribution in [2.75, 3.05) is 0 Å². The van der Waals surface area contributed by atoms with Crippen LogP contribution in [0.2, 0.25) is 0 Å². The minimum atomic E-state index is -5.71. The summed E-state index contributed by atoms with van der Waals surface area (Å²) in [5, 5.41) is 12.3. The molecule has 1 heterocycles. The first-order valence-electron chi connectivity index (χ1n) is 5.10. The van der Waals surface area contributed by atoms with Gasteiger partial charge in [0.25, 0.3) is 0 Å². The average Bonchev–Trinajstić information content (AvgIpc) is 2.65. The molecule has 1 N–H and O–H groups in total. The van der Waals surface area contributed by atoms with Gasteiger partial charge in [-0.3, -0.25) is 0 Å². The standard InChI is InChI=1S/C10H7F3N2O4S/c1-5-7-3-2-6(9(16)17)4-8(7)15(14-5)20(18,19)10(11,12)13/h2-4H,1H3,(H,16,17). The second-order valence-corrected chi connectivity index (χ2v) is 5.68. The van der Waals surface area contributed by atoms with Gasteiger partial charge in [-0.15, -0.1) is 4.09 Å². The zero-order valence-corrected chi connectivity index (χ0v) is 10.7. The summed E-state index contributed by atoms with van der Waals surface area (Å²) in [7, 11) is -5.71. The molecular weight excluding hydrogens is 301 g/mol. The summed E-state index contributed by atoms with van der Waals surface area (Å²) in [4.78, 5) is 10.8. The minimum absolute atomic E-state index is 0.0461. The van der Waals surface area contributed by atoms with Gasteiger partial charge in [0.05, 0.1) is 16.8 Å². The number of aryl methyl sites for hydroxylation is 1. The maximum absolute atomic E-state index is 12.6. The van der Waals surface area contributed by atoms with Crippen LogP contribution in [0.3, 0.4) is 0 Å². The fourth-order valence-corrected chi connectivity index (χ4v) is 2.49. The molecule has 10 heteroatoms. The minimum Gasteiger partial charge on any atom is -0.478 e. The van der Waals surface area contributed by atoms with Crippen LogP contribution in [0.1, 0.15) is 16.1 Å². The SMILES string of the molecule is Cc1nn(S(=O)(=O)C(F)(F)F)c2cc(C(=O)O)ccc12. The van der Waals surface area contributed by atoms with Crippen molar-refractivity contribution in [1.29, 1.82) is 0 Å². The fourth-order valence-electron chi connectivity index (χ4n) is 1.65. The summed E-state index contributed by atoms with van der Waals surface area (Å²) < 4.78 is 60.2. The third-order valence-corrected chi connectivity index (χ3v) is 3.92. The first-order valence-corrected chi connectivity index (χ1v) is 6.54. The molecule has 0 amide bonds. The Morgan fingerprint density at radius 2 is 1.95 bits per heavy atom. The molecule has 0 radical (unpaired) electrons. The molecule has 1 aromatic heterocycles. The highest BCUT2D eigenvalue weighted by molar-refractivity contribution is 7.90. The molecule has 0 saturated carbocycles. The molecule has 0 saturated heterocycles. The van der Waals surface area contributed by atoms with E-state index in [0.29, 0.717) is 0 Å². The molecule has 0 unspecified atom stereocenters. The lowest BCUT2D eigenvalue weighted by molar-refractivity contribution is -0.0448. The molecular formula is C10H7F3N2O4S. The van der Waals surface area contributed by atoms with Crippen molar-refractivity contribution >= 4 is 26.9 Å². The molecule has 0 bridgehead atoms.